The number of carbonyl (C=O) groups excluding carboxylic acids is 2. The van der Waals surface area contributed by atoms with Gasteiger partial charge in [-0.3, -0.25) is 14.4 Å². The van der Waals surface area contributed by atoms with Gasteiger partial charge in [0.15, 0.2) is 0 Å². The molecule has 0 unspecified atom stereocenters. The molecule has 30 heavy (non-hydrogen) atoms. The Kier molecular flexibility index (Phi) is 11.7. The summed E-state index contributed by atoms with van der Waals surface area (Å²) in [5.74, 6) is -1.49. The Morgan fingerprint density at radius 1 is 1.07 bits per heavy atom. The Hall–Kier alpha value is -2.49. The van der Waals surface area contributed by atoms with Crippen molar-refractivity contribution in [2.45, 2.75) is 26.7 Å². The highest BCUT2D eigenvalue weighted by molar-refractivity contribution is 5.94. The smallest absolute Gasteiger partial charge is 0.304 e. The minimum atomic E-state index is -0.818. The molecule has 0 atom stereocenters. The largest absolute Gasteiger partial charge is 0.481 e. The quantitative estimate of drug-likeness (QED) is 0.285. The zero-order valence-corrected chi connectivity index (χ0v) is 17.7. The number of nitrogens with two attached hydrogens (primary N) is 1. The minimum absolute atomic E-state index is 0.101. The molecule has 2 amide bonds. The summed E-state index contributed by atoms with van der Waals surface area (Å²) in [4.78, 5) is 33.4. The molecule has 1 aromatic carbocycles. The number of ether oxygens (including phenoxy) is 2. The summed E-state index contributed by atoms with van der Waals surface area (Å²) in [7, 11) is 0. The highest BCUT2D eigenvalue weighted by atomic mass is 16.5. The van der Waals surface area contributed by atoms with Gasteiger partial charge >= 0.3 is 5.97 Å². The second kappa shape index (κ2) is 13.7. The van der Waals surface area contributed by atoms with Crippen molar-refractivity contribution in [1.29, 1.82) is 0 Å². The fourth-order valence-corrected chi connectivity index (χ4v) is 2.49. The summed E-state index contributed by atoms with van der Waals surface area (Å²) in [6, 6.07) is 7.35. The molecule has 0 aliphatic carbocycles. The first-order valence-electron chi connectivity index (χ1n) is 9.93. The first-order valence-corrected chi connectivity index (χ1v) is 9.93. The number of hydrogen-bond acceptors (Lipinski definition) is 6. The lowest BCUT2D eigenvalue weighted by Crippen LogP contribution is -2.37. The van der Waals surface area contributed by atoms with E-state index in [2.05, 4.69) is 10.6 Å². The Balaban J connectivity index is 2.27. The third-order valence-corrected chi connectivity index (χ3v) is 4.16. The van der Waals surface area contributed by atoms with Crippen LogP contribution in [-0.4, -0.2) is 69.0 Å². The van der Waals surface area contributed by atoms with E-state index in [4.69, 9.17) is 20.3 Å². The van der Waals surface area contributed by atoms with E-state index in [1.54, 1.807) is 12.1 Å². The summed E-state index contributed by atoms with van der Waals surface area (Å²) < 4.78 is 10.6. The van der Waals surface area contributed by atoms with Crippen molar-refractivity contribution in [2.75, 3.05) is 46.1 Å². The number of carboxylic acids is 1. The maximum absolute atomic E-state index is 12.4. The third kappa shape index (κ3) is 12.2. The molecule has 1 rings (SSSR count). The molecule has 0 spiro atoms. The average molecular weight is 424 g/mol. The van der Waals surface area contributed by atoms with Crippen LogP contribution in [0.15, 0.2) is 24.3 Å². The summed E-state index contributed by atoms with van der Waals surface area (Å²) in [5.41, 5.74) is 6.36. The van der Waals surface area contributed by atoms with Gasteiger partial charge in [-0.15, -0.1) is 0 Å². The van der Waals surface area contributed by atoms with Gasteiger partial charge in [0.05, 0.1) is 26.2 Å². The van der Waals surface area contributed by atoms with Crippen LogP contribution in [0.5, 0.6) is 0 Å². The zero-order valence-electron chi connectivity index (χ0n) is 17.7. The molecule has 0 saturated carbocycles. The van der Waals surface area contributed by atoms with E-state index in [0.717, 1.165) is 12.0 Å². The van der Waals surface area contributed by atoms with E-state index in [1.165, 1.54) is 0 Å². The predicted octanol–water partition coefficient (Wildman–Crippen LogP) is 0.568. The molecule has 0 aromatic heterocycles. The highest BCUT2D eigenvalue weighted by Crippen LogP contribution is 2.14. The highest BCUT2D eigenvalue weighted by Gasteiger charge is 2.19. The lowest BCUT2D eigenvalue weighted by molar-refractivity contribution is -0.136. The number of carboxylic acid groups (broad SMARTS) is 1. The molecule has 0 saturated heterocycles. The number of nitrogens with one attached hydrogen (secondary N) is 2. The fraction of sp³-hybridized carbons (Fsp3) is 0.571. The van der Waals surface area contributed by atoms with Crippen molar-refractivity contribution in [3.8, 4) is 0 Å². The molecule has 0 fully saturated rings. The van der Waals surface area contributed by atoms with E-state index >= 15 is 0 Å². The molecule has 0 heterocycles. The van der Waals surface area contributed by atoms with E-state index in [1.807, 2.05) is 26.0 Å². The number of carbonyl (C=O) groups is 3. The van der Waals surface area contributed by atoms with Gasteiger partial charge in [0.2, 0.25) is 5.91 Å². The number of benzene rings is 1. The number of hydrogen-bond donors (Lipinski definition) is 4. The van der Waals surface area contributed by atoms with Gasteiger partial charge in [0.25, 0.3) is 5.91 Å². The second-order valence-corrected chi connectivity index (χ2v) is 7.76. The molecule has 0 bridgehead atoms. The van der Waals surface area contributed by atoms with E-state index in [9.17, 15) is 14.4 Å². The lowest BCUT2D eigenvalue weighted by atomic mass is 9.94. The van der Waals surface area contributed by atoms with Crippen molar-refractivity contribution in [3.05, 3.63) is 35.4 Å². The normalized spacial score (nSPS) is 11.3. The van der Waals surface area contributed by atoms with E-state index < -0.39 is 11.9 Å². The molecular weight excluding hydrogens is 390 g/mol. The zero-order chi connectivity index (χ0) is 22.4. The first kappa shape index (κ1) is 25.5. The van der Waals surface area contributed by atoms with Gasteiger partial charge in [-0.25, -0.2) is 0 Å². The van der Waals surface area contributed by atoms with Gasteiger partial charge in [-0.1, -0.05) is 26.0 Å². The molecule has 9 heteroatoms. The second-order valence-electron chi connectivity index (χ2n) is 7.76. The molecule has 9 nitrogen and oxygen atoms in total. The Morgan fingerprint density at radius 2 is 1.73 bits per heavy atom. The monoisotopic (exact) mass is 423 g/mol. The van der Waals surface area contributed by atoms with Gasteiger partial charge in [0, 0.05) is 24.1 Å². The van der Waals surface area contributed by atoms with Crippen LogP contribution >= 0.6 is 0 Å². The summed E-state index contributed by atoms with van der Waals surface area (Å²) in [6.45, 7) is 6.48. The molecule has 0 radical (unpaired) electrons. The summed E-state index contributed by atoms with van der Waals surface area (Å²) >= 11 is 0. The fourth-order valence-electron chi connectivity index (χ4n) is 2.49. The number of rotatable bonds is 16. The molecule has 168 valence electrons. The maximum atomic E-state index is 12.4. The van der Waals surface area contributed by atoms with Gasteiger partial charge in [-0.05, 0) is 30.7 Å². The molecular formula is C21H33N3O6. The standard InChI is InChI=1S/C21H33N3O6/c1-21(2,15-30-12-11-29-13-18(22)25)14-24-20(28)17-5-3-16(4-6-17)7-9-23-10-8-19(26)27/h3-6,23H,7-15H2,1-2H3,(H2,22,25)(H,24,28)(H,26,27). The first-order chi connectivity index (χ1) is 14.2. The maximum Gasteiger partial charge on any atom is 0.304 e. The number of primary amides is 1. The Morgan fingerprint density at radius 3 is 2.37 bits per heavy atom. The van der Waals surface area contributed by atoms with Crippen LogP contribution in [0.3, 0.4) is 0 Å². The van der Waals surface area contributed by atoms with Crippen LogP contribution in [0, 0.1) is 5.41 Å². The van der Waals surface area contributed by atoms with Gasteiger partial charge < -0.3 is 30.9 Å². The van der Waals surface area contributed by atoms with Crippen molar-refractivity contribution in [3.63, 3.8) is 0 Å². The summed E-state index contributed by atoms with van der Waals surface area (Å²) in [6.07, 6.45) is 0.860. The van der Waals surface area contributed by atoms with Crippen LogP contribution in [0.1, 0.15) is 36.2 Å². The average Bonchev–Trinajstić information content (AvgIpc) is 2.68. The van der Waals surface area contributed by atoms with Crippen LogP contribution < -0.4 is 16.4 Å². The SMILES string of the molecule is CC(C)(CNC(=O)c1ccc(CCNCCC(=O)O)cc1)COCCOCC(N)=O. The Labute approximate surface area is 177 Å². The van der Waals surface area contributed by atoms with Crippen molar-refractivity contribution >= 4 is 17.8 Å². The van der Waals surface area contributed by atoms with Crippen LogP contribution in [0.4, 0.5) is 0 Å². The van der Waals surface area contributed by atoms with Crippen LogP contribution in [0.2, 0.25) is 0 Å². The predicted molar refractivity (Wildman–Crippen MR) is 112 cm³/mol. The molecule has 1 aromatic rings. The topological polar surface area (TPSA) is 140 Å². The lowest BCUT2D eigenvalue weighted by Gasteiger charge is -2.24. The number of aliphatic carboxylic acids is 1. The summed E-state index contributed by atoms with van der Waals surface area (Å²) in [5, 5.41) is 14.6. The minimum Gasteiger partial charge on any atom is -0.481 e. The Bertz CT molecular complexity index is 676. The molecule has 5 N–H and O–H groups in total. The van der Waals surface area contributed by atoms with Crippen molar-refractivity contribution in [2.24, 2.45) is 11.1 Å². The van der Waals surface area contributed by atoms with E-state index in [-0.39, 0.29) is 31.0 Å². The molecule has 0 aliphatic heterocycles. The third-order valence-electron chi connectivity index (χ3n) is 4.16. The van der Waals surface area contributed by atoms with E-state index in [0.29, 0.717) is 38.4 Å². The van der Waals surface area contributed by atoms with Crippen LogP contribution in [0.25, 0.3) is 0 Å². The van der Waals surface area contributed by atoms with Gasteiger partial charge in [-0.2, -0.15) is 0 Å². The van der Waals surface area contributed by atoms with Gasteiger partial charge in [0.1, 0.15) is 6.61 Å². The number of amides is 2. The van der Waals surface area contributed by atoms with Crippen LogP contribution in [-0.2, 0) is 25.5 Å². The van der Waals surface area contributed by atoms with Crippen molar-refractivity contribution in [1.82, 2.24) is 10.6 Å². The molecule has 0 aliphatic rings. The van der Waals surface area contributed by atoms with Crippen molar-refractivity contribution < 1.29 is 29.0 Å².